The molecule has 0 atom stereocenters. The zero-order valence-corrected chi connectivity index (χ0v) is 23.3. The van der Waals surface area contributed by atoms with Crippen molar-refractivity contribution in [3.8, 4) is 45.4 Å². The fraction of sp³-hybridized carbons (Fsp3) is 0. The van der Waals surface area contributed by atoms with Crippen molar-refractivity contribution in [2.75, 3.05) is 0 Å². The number of para-hydroxylation sites is 3. The van der Waals surface area contributed by atoms with Crippen LogP contribution in [-0.4, -0.2) is 9.55 Å². The molecule has 8 aromatic rings. The molecule has 0 saturated heterocycles. The predicted molar refractivity (Wildman–Crippen MR) is 177 cm³/mol. The normalized spacial score (nSPS) is 11.2. The molecule has 0 saturated carbocycles. The number of imidazole rings is 1. The molecule has 0 fully saturated rings. The Balaban J connectivity index is 1.49. The number of nitriles is 1. The molecule has 43 heavy (non-hydrogen) atoms. The van der Waals surface area contributed by atoms with E-state index >= 15 is 0 Å². The largest absolute Gasteiger partial charge is 0.292 e. The minimum absolute atomic E-state index is 0.647. The second-order valence-electron chi connectivity index (χ2n) is 10.8. The first-order chi connectivity index (χ1) is 21.3. The van der Waals surface area contributed by atoms with E-state index in [0.29, 0.717) is 5.56 Å². The van der Waals surface area contributed by atoms with Gasteiger partial charge in [0, 0.05) is 11.3 Å². The van der Waals surface area contributed by atoms with Crippen LogP contribution in [0.25, 0.3) is 71.9 Å². The van der Waals surface area contributed by atoms with Gasteiger partial charge in [-0.15, -0.1) is 0 Å². The molecule has 0 aliphatic heterocycles. The average molecular weight is 548 g/mol. The van der Waals surface area contributed by atoms with Crippen LogP contribution in [0, 0.1) is 11.3 Å². The smallest absolute Gasteiger partial charge is 0.146 e. The highest BCUT2D eigenvalue weighted by atomic mass is 15.1. The number of hydrogen-bond acceptors (Lipinski definition) is 2. The lowest BCUT2D eigenvalue weighted by molar-refractivity contribution is 1.10. The summed E-state index contributed by atoms with van der Waals surface area (Å²) in [5.74, 6) is 0.895. The second-order valence-corrected chi connectivity index (χ2v) is 10.8. The van der Waals surface area contributed by atoms with Crippen molar-refractivity contribution in [2.24, 2.45) is 0 Å². The Hall–Kier alpha value is -5.98. The highest BCUT2D eigenvalue weighted by molar-refractivity contribution is 6.03. The molecule has 0 amide bonds. The van der Waals surface area contributed by atoms with Gasteiger partial charge in [-0.3, -0.25) is 4.57 Å². The highest BCUT2D eigenvalue weighted by Crippen LogP contribution is 2.43. The van der Waals surface area contributed by atoms with Crippen LogP contribution < -0.4 is 0 Å². The monoisotopic (exact) mass is 547 g/mol. The zero-order valence-electron chi connectivity index (χ0n) is 23.3. The quantitative estimate of drug-likeness (QED) is 0.220. The Kier molecular flexibility index (Phi) is 5.84. The Labute approximate surface area is 249 Å². The summed E-state index contributed by atoms with van der Waals surface area (Å²) < 4.78 is 2.27. The zero-order chi connectivity index (χ0) is 28.8. The van der Waals surface area contributed by atoms with E-state index < -0.39 is 0 Å². The van der Waals surface area contributed by atoms with Crippen molar-refractivity contribution >= 4 is 32.6 Å². The van der Waals surface area contributed by atoms with Crippen molar-refractivity contribution in [1.29, 1.82) is 5.26 Å². The third-order valence-corrected chi connectivity index (χ3v) is 8.20. The van der Waals surface area contributed by atoms with Crippen LogP contribution in [0.4, 0.5) is 0 Å². The molecule has 3 nitrogen and oxygen atoms in total. The predicted octanol–water partition coefficient (Wildman–Crippen LogP) is 10.2. The van der Waals surface area contributed by atoms with E-state index in [1.165, 1.54) is 16.2 Å². The average Bonchev–Trinajstić information content (AvgIpc) is 3.47. The molecule has 0 aliphatic rings. The maximum Gasteiger partial charge on any atom is 0.146 e. The lowest BCUT2D eigenvalue weighted by atomic mass is 9.87. The van der Waals surface area contributed by atoms with E-state index in [2.05, 4.69) is 126 Å². The molecule has 0 spiro atoms. The highest BCUT2D eigenvalue weighted by Gasteiger charge is 2.21. The molecule has 0 radical (unpaired) electrons. The van der Waals surface area contributed by atoms with Gasteiger partial charge in [0.15, 0.2) is 0 Å². The first-order valence-corrected chi connectivity index (χ1v) is 14.4. The van der Waals surface area contributed by atoms with Crippen LogP contribution >= 0.6 is 0 Å². The summed E-state index contributed by atoms with van der Waals surface area (Å²) in [7, 11) is 0. The van der Waals surface area contributed by atoms with Crippen LogP contribution in [0.2, 0.25) is 0 Å². The topological polar surface area (TPSA) is 41.6 Å². The fourth-order valence-corrected chi connectivity index (χ4v) is 6.12. The van der Waals surface area contributed by atoms with Crippen LogP contribution in [0.1, 0.15) is 5.56 Å². The van der Waals surface area contributed by atoms with E-state index in [-0.39, 0.29) is 0 Å². The van der Waals surface area contributed by atoms with E-state index in [1.54, 1.807) is 0 Å². The molecule has 200 valence electrons. The standard InChI is InChI=1S/C40H25N3/c41-26-27-18-20-28(21-19-27)34-22-29-10-4-5-11-30(29)23-35(34)36-24-31-12-6-7-13-32(31)25-37(36)40-42-38-16-8-9-17-39(38)43(40)33-14-2-1-3-15-33/h1-25H. The number of benzene rings is 7. The summed E-state index contributed by atoms with van der Waals surface area (Å²) >= 11 is 0. The van der Waals surface area contributed by atoms with Gasteiger partial charge in [0.25, 0.3) is 0 Å². The van der Waals surface area contributed by atoms with Gasteiger partial charge in [-0.1, -0.05) is 91.0 Å². The van der Waals surface area contributed by atoms with Crippen LogP contribution in [-0.2, 0) is 0 Å². The summed E-state index contributed by atoms with van der Waals surface area (Å²) in [4.78, 5) is 5.27. The van der Waals surface area contributed by atoms with Crippen molar-refractivity contribution in [3.63, 3.8) is 0 Å². The lowest BCUT2D eigenvalue weighted by Gasteiger charge is -2.18. The first kappa shape index (κ1) is 24.8. The number of rotatable bonds is 4. The molecule has 8 rings (SSSR count). The second kappa shape index (κ2) is 10.1. The van der Waals surface area contributed by atoms with Gasteiger partial charge >= 0.3 is 0 Å². The van der Waals surface area contributed by atoms with Crippen LogP contribution in [0.15, 0.2) is 152 Å². The van der Waals surface area contributed by atoms with Gasteiger partial charge in [-0.2, -0.15) is 5.26 Å². The molecular weight excluding hydrogens is 522 g/mol. The van der Waals surface area contributed by atoms with Crippen LogP contribution in [0.5, 0.6) is 0 Å². The van der Waals surface area contributed by atoms with E-state index in [1.807, 2.05) is 36.4 Å². The van der Waals surface area contributed by atoms with Gasteiger partial charge in [0.05, 0.1) is 22.7 Å². The third-order valence-electron chi connectivity index (χ3n) is 8.20. The lowest BCUT2D eigenvalue weighted by Crippen LogP contribution is -1.99. The molecule has 7 aromatic carbocycles. The van der Waals surface area contributed by atoms with E-state index in [9.17, 15) is 5.26 Å². The molecular formula is C40H25N3. The summed E-state index contributed by atoms with van der Waals surface area (Å²) in [5, 5.41) is 14.1. The van der Waals surface area contributed by atoms with Gasteiger partial charge < -0.3 is 0 Å². The minimum Gasteiger partial charge on any atom is -0.292 e. The van der Waals surface area contributed by atoms with Crippen molar-refractivity contribution in [2.45, 2.75) is 0 Å². The molecule has 1 heterocycles. The fourth-order valence-electron chi connectivity index (χ4n) is 6.12. The van der Waals surface area contributed by atoms with Gasteiger partial charge in [-0.05, 0) is 104 Å². The Bertz CT molecular complexity index is 2340. The Morgan fingerprint density at radius 1 is 0.488 bits per heavy atom. The van der Waals surface area contributed by atoms with Gasteiger partial charge in [0.1, 0.15) is 5.82 Å². The summed E-state index contributed by atoms with van der Waals surface area (Å²) in [6.07, 6.45) is 0. The van der Waals surface area contributed by atoms with E-state index in [4.69, 9.17) is 4.98 Å². The molecule has 0 aliphatic carbocycles. The van der Waals surface area contributed by atoms with Crippen LogP contribution in [0.3, 0.4) is 0 Å². The van der Waals surface area contributed by atoms with E-state index in [0.717, 1.165) is 55.7 Å². The Morgan fingerprint density at radius 2 is 1.00 bits per heavy atom. The third kappa shape index (κ3) is 4.25. The molecule has 0 unspecified atom stereocenters. The maximum atomic E-state index is 9.46. The van der Waals surface area contributed by atoms with Gasteiger partial charge in [0.2, 0.25) is 0 Å². The van der Waals surface area contributed by atoms with Crippen molar-refractivity contribution < 1.29 is 0 Å². The summed E-state index contributed by atoms with van der Waals surface area (Å²) in [6.45, 7) is 0. The first-order valence-electron chi connectivity index (χ1n) is 14.4. The number of aromatic nitrogens is 2. The Morgan fingerprint density at radius 3 is 1.63 bits per heavy atom. The molecule has 3 heteroatoms. The molecule has 0 N–H and O–H groups in total. The molecule has 0 bridgehead atoms. The maximum absolute atomic E-state index is 9.46. The van der Waals surface area contributed by atoms with Crippen molar-refractivity contribution in [1.82, 2.24) is 9.55 Å². The van der Waals surface area contributed by atoms with Crippen molar-refractivity contribution in [3.05, 3.63) is 157 Å². The number of fused-ring (bicyclic) bond motifs is 3. The summed E-state index contributed by atoms with van der Waals surface area (Å²) in [6, 6.07) is 55.1. The SMILES string of the molecule is N#Cc1ccc(-c2cc3ccccc3cc2-c2cc3ccccc3cc2-c2nc3ccccc3n2-c2ccccc2)cc1. The number of hydrogen-bond donors (Lipinski definition) is 0. The minimum atomic E-state index is 0.647. The summed E-state index contributed by atoms with van der Waals surface area (Å²) in [5.41, 5.74) is 9.19. The number of nitrogens with zero attached hydrogens (tertiary/aromatic N) is 3. The van der Waals surface area contributed by atoms with Gasteiger partial charge in [-0.25, -0.2) is 4.98 Å². The molecule has 1 aromatic heterocycles.